The van der Waals surface area contributed by atoms with Gasteiger partial charge in [-0.1, -0.05) is 24.3 Å². The largest absolute Gasteiger partial charge is 0.416 e. The molecule has 9 heteroatoms. The van der Waals surface area contributed by atoms with Gasteiger partial charge in [0.2, 0.25) is 0 Å². The van der Waals surface area contributed by atoms with Crippen LogP contribution in [0.1, 0.15) is 28.2 Å². The van der Waals surface area contributed by atoms with Crippen LogP contribution in [0.4, 0.5) is 13.2 Å². The number of hydrogen-bond donors (Lipinski definition) is 0. The van der Waals surface area contributed by atoms with Crippen molar-refractivity contribution in [3.05, 3.63) is 82.2 Å². The molecule has 1 aliphatic carbocycles. The summed E-state index contributed by atoms with van der Waals surface area (Å²) in [6.07, 6.45) is -4.43. The maximum atomic E-state index is 12.8. The van der Waals surface area contributed by atoms with Crippen LogP contribution in [0.2, 0.25) is 0 Å². The Morgan fingerprint density at radius 2 is 1.47 bits per heavy atom. The Bertz CT molecular complexity index is 1350. The summed E-state index contributed by atoms with van der Waals surface area (Å²) in [4.78, 5) is 11.4. The first-order valence-corrected chi connectivity index (χ1v) is 8.37. The molecule has 0 spiro atoms. The van der Waals surface area contributed by atoms with Gasteiger partial charge in [0.05, 0.1) is 10.7 Å². The summed E-state index contributed by atoms with van der Waals surface area (Å²) in [5.74, 6) is 0. The predicted octanol–water partition coefficient (Wildman–Crippen LogP) is 4.56. The molecule has 1 heterocycles. The molecule has 0 saturated heterocycles. The van der Waals surface area contributed by atoms with Gasteiger partial charge in [0.15, 0.2) is 17.1 Å². The molecule has 30 heavy (non-hydrogen) atoms. The minimum Gasteiger partial charge on any atom is -0.232 e. The SMILES string of the molecule is [C-]#[N+]/N=C1\c2ccc(-c3ccc(C(F)(F)F)cc3)cc2-c2nc(C#N)c(C#N)nc21. The Morgan fingerprint density at radius 1 is 0.867 bits per heavy atom. The summed E-state index contributed by atoms with van der Waals surface area (Å²) in [6, 6.07) is 13.4. The van der Waals surface area contributed by atoms with Crippen molar-refractivity contribution in [3.8, 4) is 34.5 Å². The molecule has 2 aromatic carbocycles. The lowest BCUT2D eigenvalue weighted by atomic mass is 9.99. The van der Waals surface area contributed by atoms with Gasteiger partial charge in [0.25, 0.3) is 0 Å². The maximum Gasteiger partial charge on any atom is 0.416 e. The van der Waals surface area contributed by atoms with Crippen molar-refractivity contribution in [2.45, 2.75) is 6.18 Å². The van der Waals surface area contributed by atoms with E-state index in [0.717, 1.165) is 12.1 Å². The first-order chi connectivity index (χ1) is 14.4. The molecular weight excluding hydrogens is 393 g/mol. The zero-order valence-corrected chi connectivity index (χ0v) is 14.9. The number of alkyl halides is 3. The summed E-state index contributed by atoms with van der Waals surface area (Å²) < 4.78 is 38.4. The summed E-state index contributed by atoms with van der Waals surface area (Å²) >= 11 is 0. The number of nitriles is 2. The first-order valence-electron chi connectivity index (χ1n) is 8.37. The fourth-order valence-corrected chi connectivity index (χ4v) is 3.20. The fourth-order valence-electron chi connectivity index (χ4n) is 3.20. The van der Waals surface area contributed by atoms with Gasteiger partial charge in [-0.05, 0) is 29.3 Å². The van der Waals surface area contributed by atoms with Gasteiger partial charge in [0, 0.05) is 11.1 Å². The van der Waals surface area contributed by atoms with Gasteiger partial charge in [-0.3, -0.25) is 0 Å². The van der Waals surface area contributed by atoms with Crippen molar-refractivity contribution in [1.82, 2.24) is 9.97 Å². The van der Waals surface area contributed by atoms with E-state index in [1.54, 1.807) is 24.3 Å². The van der Waals surface area contributed by atoms with Crippen LogP contribution >= 0.6 is 0 Å². The Kier molecular flexibility index (Phi) is 4.26. The molecule has 0 unspecified atom stereocenters. The Morgan fingerprint density at radius 3 is 2.03 bits per heavy atom. The topological polar surface area (TPSA) is 90.1 Å². The highest BCUT2D eigenvalue weighted by Gasteiger charge is 2.33. The first kappa shape index (κ1) is 18.8. The van der Waals surface area contributed by atoms with E-state index >= 15 is 0 Å². The zero-order chi connectivity index (χ0) is 21.5. The quantitative estimate of drug-likeness (QED) is 0.346. The van der Waals surface area contributed by atoms with Gasteiger partial charge in [-0.2, -0.15) is 30.3 Å². The van der Waals surface area contributed by atoms with Gasteiger partial charge >= 0.3 is 6.18 Å². The summed E-state index contributed by atoms with van der Waals surface area (Å²) in [6.45, 7) is 7.05. The number of fused-ring (bicyclic) bond motifs is 3. The highest BCUT2D eigenvalue weighted by atomic mass is 19.4. The number of aromatic nitrogens is 2. The van der Waals surface area contributed by atoms with E-state index in [4.69, 9.17) is 6.57 Å². The standard InChI is InChI=1S/C21H7F3N6/c1-27-30-19-14-7-4-12(11-2-5-13(6-3-11)21(22,23)24)8-15(14)18-20(19)29-17(10-26)16(9-25)28-18/h2-8H/b30-19+. The monoisotopic (exact) mass is 400 g/mol. The third-order valence-electron chi connectivity index (χ3n) is 4.56. The molecule has 0 N–H and O–H groups in total. The van der Waals surface area contributed by atoms with Gasteiger partial charge in [-0.25, -0.2) is 9.97 Å². The summed E-state index contributed by atoms with van der Waals surface area (Å²) in [5.41, 5.74) is 1.86. The van der Waals surface area contributed by atoms with Crippen LogP contribution in [0.15, 0.2) is 47.6 Å². The van der Waals surface area contributed by atoms with Crippen molar-refractivity contribution in [2.75, 3.05) is 0 Å². The van der Waals surface area contributed by atoms with Gasteiger partial charge in [0.1, 0.15) is 23.5 Å². The van der Waals surface area contributed by atoms with Crippen LogP contribution in [-0.2, 0) is 6.18 Å². The lowest BCUT2D eigenvalue weighted by Gasteiger charge is -2.09. The molecular formula is C21H7F3N6. The average Bonchev–Trinajstić information content (AvgIpc) is 3.04. The van der Waals surface area contributed by atoms with Crippen molar-refractivity contribution < 1.29 is 13.2 Å². The Hall–Kier alpha value is -4.55. The molecule has 4 rings (SSSR count). The van der Waals surface area contributed by atoms with Crippen LogP contribution in [-0.4, -0.2) is 15.7 Å². The third kappa shape index (κ3) is 2.94. The highest BCUT2D eigenvalue weighted by molar-refractivity contribution is 6.23. The second-order valence-electron chi connectivity index (χ2n) is 6.23. The van der Waals surface area contributed by atoms with Crippen molar-refractivity contribution in [2.24, 2.45) is 5.10 Å². The average molecular weight is 400 g/mol. The highest BCUT2D eigenvalue weighted by Crippen LogP contribution is 2.38. The molecule has 0 bridgehead atoms. The third-order valence-corrected chi connectivity index (χ3v) is 4.56. The Labute approximate surface area is 168 Å². The van der Waals surface area contributed by atoms with E-state index in [-0.39, 0.29) is 28.5 Å². The molecule has 0 saturated carbocycles. The smallest absolute Gasteiger partial charge is 0.232 e. The molecule has 0 aliphatic heterocycles. The van der Waals surface area contributed by atoms with E-state index < -0.39 is 11.7 Å². The molecule has 6 nitrogen and oxygen atoms in total. The second-order valence-corrected chi connectivity index (χ2v) is 6.23. The van der Waals surface area contributed by atoms with Crippen molar-refractivity contribution >= 4 is 5.71 Å². The van der Waals surface area contributed by atoms with Gasteiger partial charge < -0.3 is 0 Å². The van der Waals surface area contributed by atoms with Crippen molar-refractivity contribution in [3.63, 3.8) is 0 Å². The molecule has 0 fully saturated rings. The van der Waals surface area contributed by atoms with Crippen LogP contribution in [0, 0.1) is 29.2 Å². The molecule has 1 aliphatic rings. The minimum absolute atomic E-state index is 0.161. The number of hydrogen-bond acceptors (Lipinski definition) is 5. The van der Waals surface area contributed by atoms with Crippen LogP contribution in [0.25, 0.3) is 27.3 Å². The molecule has 142 valence electrons. The second kappa shape index (κ2) is 6.80. The normalized spacial score (nSPS) is 13.1. The molecule has 0 amide bonds. The van der Waals surface area contributed by atoms with Crippen LogP contribution in [0.3, 0.4) is 0 Å². The number of nitrogens with zero attached hydrogens (tertiary/aromatic N) is 6. The number of halogens is 3. The molecule has 1 aromatic heterocycles. The lowest BCUT2D eigenvalue weighted by molar-refractivity contribution is -0.137. The van der Waals surface area contributed by atoms with Crippen LogP contribution < -0.4 is 0 Å². The predicted molar refractivity (Wildman–Crippen MR) is 99.6 cm³/mol. The fraction of sp³-hybridized carbons (Fsp3) is 0.0476. The van der Waals surface area contributed by atoms with E-state index in [0.29, 0.717) is 22.3 Å². The van der Waals surface area contributed by atoms with E-state index in [2.05, 4.69) is 20.0 Å². The number of benzene rings is 2. The van der Waals surface area contributed by atoms with Gasteiger partial charge in [-0.15, -0.1) is 4.95 Å². The maximum absolute atomic E-state index is 12.8. The summed E-state index contributed by atoms with van der Waals surface area (Å²) in [5, 5.41) is 22.2. The van der Waals surface area contributed by atoms with E-state index in [9.17, 15) is 23.7 Å². The molecule has 0 atom stereocenters. The van der Waals surface area contributed by atoms with E-state index in [1.165, 1.54) is 12.1 Å². The molecule has 0 radical (unpaired) electrons. The molecule has 3 aromatic rings. The lowest BCUT2D eigenvalue weighted by Crippen LogP contribution is -2.05. The number of rotatable bonds is 1. The minimum atomic E-state index is -4.43. The Balaban J connectivity index is 1.89. The van der Waals surface area contributed by atoms with E-state index in [1.807, 2.05) is 6.07 Å². The zero-order valence-electron chi connectivity index (χ0n) is 14.9. The summed E-state index contributed by atoms with van der Waals surface area (Å²) in [7, 11) is 0. The van der Waals surface area contributed by atoms with Crippen LogP contribution in [0.5, 0.6) is 0 Å². The van der Waals surface area contributed by atoms with Crippen molar-refractivity contribution in [1.29, 1.82) is 10.5 Å².